The van der Waals surface area contributed by atoms with Crippen molar-refractivity contribution < 1.29 is 0 Å². The Kier molecular flexibility index (Phi) is 3.29. The summed E-state index contributed by atoms with van der Waals surface area (Å²) in [4.78, 5) is 14.8. The van der Waals surface area contributed by atoms with E-state index < -0.39 is 0 Å². The van der Waals surface area contributed by atoms with Crippen molar-refractivity contribution in [2.24, 2.45) is 5.10 Å². The van der Waals surface area contributed by atoms with E-state index in [1.54, 1.807) is 24.5 Å². The normalized spacial score (nSPS) is 10.9. The Morgan fingerprint density at radius 1 is 1.47 bits per heavy atom. The quantitative estimate of drug-likeness (QED) is 0.634. The van der Waals surface area contributed by atoms with E-state index in [1.807, 2.05) is 18.4 Å². The minimum atomic E-state index is -0.273. The van der Waals surface area contributed by atoms with E-state index in [9.17, 15) is 4.79 Å². The first kappa shape index (κ1) is 11.5. The highest BCUT2D eigenvalue weighted by Crippen LogP contribution is 2.12. The zero-order valence-corrected chi connectivity index (χ0v) is 10.2. The predicted molar refractivity (Wildman–Crippen MR) is 67.7 cm³/mol. The summed E-state index contributed by atoms with van der Waals surface area (Å²) in [5, 5.41) is 13.4. The van der Waals surface area contributed by atoms with Crippen LogP contribution in [0, 0.1) is 13.8 Å². The molecule has 0 saturated heterocycles. The number of aryl methyl sites for hydroxylation is 2. The standard InChI is InChI=1S/C10H11N5OS/c1-6-3-4-17-8(6)5-11-14-10-12-9(16)7(2)13-15-10/h3-5H,1-2H3,(H2,12,14,15,16). The molecule has 0 aromatic carbocycles. The molecule has 7 heteroatoms. The molecule has 0 saturated carbocycles. The molecule has 0 radical (unpaired) electrons. The van der Waals surface area contributed by atoms with Crippen LogP contribution in [0.5, 0.6) is 0 Å². The van der Waals surface area contributed by atoms with Crippen LogP contribution < -0.4 is 11.0 Å². The number of aromatic nitrogens is 3. The Bertz CT molecular complexity index is 601. The topological polar surface area (TPSA) is 83.0 Å². The van der Waals surface area contributed by atoms with E-state index in [4.69, 9.17) is 0 Å². The minimum Gasteiger partial charge on any atom is -0.288 e. The molecule has 2 aromatic heterocycles. The lowest BCUT2D eigenvalue weighted by atomic mass is 10.3. The van der Waals surface area contributed by atoms with Gasteiger partial charge in [-0.2, -0.15) is 5.10 Å². The van der Waals surface area contributed by atoms with Crippen LogP contribution in [0.3, 0.4) is 0 Å². The van der Waals surface area contributed by atoms with Crippen LogP contribution in [-0.2, 0) is 0 Å². The molecule has 0 spiro atoms. The van der Waals surface area contributed by atoms with Gasteiger partial charge in [0.15, 0.2) is 0 Å². The monoisotopic (exact) mass is 249 g/mol. The van der Waals surface area contributed by atoms with Crippen LogP contribution in [0.1, 0.15) is 16.1 Å². The SMILES string of the molecule is Cc1ccsc1C=NNc1nnc(C)c(=O)[nH]1. The molecular weight excluding hydrogens is 238 g/mol. The van der Waals surface area contributed by atoms with E-state index in [0.717, 1.165) is 10.4 Å². The lowest BCUT2D eigenvalue weighted by molar-refractivity contribution is 0.897. The van der Waals surface area contributed by atoms with Gasteiger partial charge in [0, 0.05) is 4.88 Å². The highest BCUT2D eigenvalue weighted by atomic mass is 32.1. The Labute approximate surface area is 101 Å². The summed E-state index contributed by atoms with van der Waals surface area (Å²) in [5.74, 6) is 0.228. The number of H-pyrrole nitrogens is 1. The number of hydrogen-bond acceptors (Lipinski definition) is 6. The van der Waals surface area contributed by atoms with Gasteiger partial charge >= 0.3 is 0 Å². The average Bonchev–Trinajstić information content (AvgIpc) is 2.70. The van der Waals surface area contributed by atoms with Crippen LogP contribution >= 0.6 is 11.3 Å². The third-order valence-corrected chi connectivity index (χ3v) is 3.07. The van der Waals surface area contributed by atoms with E-state index >= 15 is 0 Å². The summed E-state index contributed by atoms with van der Waals surface area (Å²) >= 11 is 1.59. The second-order valence-corrected chi connectivity index (χ2v) is 4.37. The summed E-state index contributed by atoms with van der Waals surface area (Å²) < 4.78 is 0. The fourth-order valence-corrected chi connectivity index (χ4v) is 1.90. The first-order chi connectivity index (χ1) is 8.16. The van der Waals surface area contributed by atoms with Crippen LogP contribution in [0.25, 0.3) is 0 Å². The maximum Gasteiger partial charge on any atom is 0.274 e. The van der Waals surface area contributed by atoms with Gasteiger partial charge < -0.3 is 0 Å². The number of nitrogens with one attached hydrogen (secondary N) is 2. The van der Waals surface area contributed by atoms with E-state index in [2.05, 4.69) is 25.7 Å². The third-order valence-electron chi connectivity index (χ3n) is 2.11. The van der Waals surface area contributed by atoms with Crippen molar-refractivity contribution >= 4 is 23.5 Å². The van der Waals surface area contributed by atoms with Crippen molar-refractivity contribution in [2.45, 2.75) is 13.8 Å². The first-order valence-electron chi connectivity index (χ1n) is 4.93. The van der Waals surface area contributed by atoms with Crippen LogP contribution in [-0.4, -0.2) is 21.4 Å². The Morgan fingerprint density at radius 2 is 2.29 bits per heavy atom. The lowest BCUT2D eigenvalue weighted by Crippen LogP contribution is -2.15. The van der Waals surface area contributed by atoms with Gasteiger partial charge in [-0.25, -0.2) is 5.43 Å². The van der Waals surface area contributed by atoms with Crippen LogP contribution in [0.4, 0.5) is 5.95 Å². The summed E-state index contributed by atoms with van der Waals surface area (Å²) in [6.07, 6.45) is 1.68. The Morgan fingerprint density at radius 3 is 2.94 bits per heavy atom. The molecule has 2 heterocycles. The number of hydrogen-bond donors (Lipinski definition) is 2. The zero-order valence-electron chi connectivity index (χ0n) is 9.39. The highest BCUT2D eigenvalue weighted by Gasteiger charge is 1.98. The molecule has 0 amide bonds. The van der Waals surface area contributed by atoms with Crippen molar-refractivity contribution in [2.75, 3.05) is 5.43 Å². The molecule has 0 unspecified atom stereocenters. The van der Waals surface area contributed by atoms with Gasteiger partial charge in [0.2, 0.25) is 5.95 Å². The number of nitrogens with zero attached hydrogens (tertiary/aromatic N) is 3. The largest absolute Gasteiger partial charge is 0.288 e. The molecular formula is C10H11N5OS. The average molecular weight is 249 g/mol. The molecule has 0 bridgehead atoms. The number of hydrazone groups is 1. The number of thiophene rings is 1. The molecule has 0 aliphatic rings. The van der Waals surface area contributed by atoms with Crippen LogP contribution in [0.15, 0.2) is 21.3 Å². The maximum atomic E-state index is 11.2. The number of anilines is 1. The van der Waals surface area contributed by atoms with Gasteiger partial charge in [-0.3, -0.25) is 9.78 Å². The van der Waals surface area contributed by atoms with Gasteiger partial charge in [-0.1, -0.05) is 0 Å². The van der Waals surface area contributed by atoms with Gasteiger partial charge in [-0.05, 0) is 30.9 Å². The second-order valence-electron chi connectivity index (χ2n) is 3.43. The molecule has 2 N–H and O–H groups in total. The van der Waals surface area contributed by atoms with E-state index in [1.165, 1.54) is 0 Å². The number of rotatable bonds is 3. The highest BCUT2D eigenvalue weighted by molar-refractivity contribution is 7.11. The van der Waals surface area contributed by atoms with E-state index in [-0.39, 0.29) is 11.5 Å². The third kappa shape index (κ3) is 2.76. The molecule has 2 aromatic rings. The van der Waals surface area contributed by atoms with Crippen molar-refractivity contribution in [3.63, 3.8) is 0 Å². The van der Waals surface area contributed by atoms with Crippen molar-refractivity contribution in [1.29, 1.82) is 0 Å². The van der Waals surface area contributed by atoms with Gasteiger partial charge in [0.1, 0.15) is 5.69 Å². The van der Waals surface area contributed by atoms with Crippen molar-refractivity contribution in [1.82, 2.24) is 15.2 Å². The molecule has 88 valence electrons. The molecule has 0 fully saturated rings. The van der Waals surface area contributed by atoms with Crippen LogP contribution in [0.2, 0.25) is 0 Å². The molecule has 0 aliphatic heterocycles. The van der Waals surface area contributed by atoms with E-state index in [0.29, 0.717) is 5.69 Å². The summed E-state index contributed by atoms with van der Waals surface area (Å²) in [7, 11) is 0. The molecule has 6 nitrogen and oxygen atoms in total. The van der Waals surface area contributed by atoms with Crippen molar-refractivity contribution in [3.05, 3.63) is 37.9 Å². The summed E-state index contributed by atoms with van der Waals surface area (Å²) in [6, 6.07) is 2.01. The summed E-state index contributed by atoms with van der Waals surface area (Å²) in [6.45, 7) is 3.60. The predicted octanol–water partition coefficient (Wildman–Crippen LogP) is 1.29. The fourth-order valence-electron chi connectivity index (χ4n) is 1.11. The van der Waals surface area contributed by atoms with Crippen molar-refractivity contribution in [3.8, 4) is 0 Å². The maximum absolute atomic E-state index is 11.2. The zero-order chi connectivity index (χ0) is 12.3. The second kappa shape index (κ2) is 4.88. The van der Waals surface area contributed by atoms with Gasteiger partial charge in [0.25, 0.3) is 5.56 Å². The van der Waals surface area contributed by atoms with Gasteiger partial charge in [0.05, 0.1) is 6.21 Å². The molecule has 17 heavy (non-hydrogen) atoms. The molecule has 0 aliphatic carbocycles. The Balaban J connectivity index is 2.07. The Hall–Kier alpha value is -2.02. The molecule has 2 rings (SSSR count). The minimum absolute atomic E-state index is 0.228. The van der Waals surface area contributed by atoms with Gasteiger partial charge in [-0.15, -0.1) is 21.5 Å². The smallest absolute Gasteiger partial charge is 0.274 e. The fraction of sp³-hybridized carbons (Fsp3) is 0.200. The summed E-state index contributed by atoms with van der Waals surface area (Å²) in [5.41, 5.74) is 3.84. The number of aromatic amines is 1. The molecule has 0 atom stereocenters. The lowest BCUT2D eigenvalue weighted by Gasteiger charge is -1.97. The first-order valence-corrected chi connectivity index (χ1v) is 5.81.